The maximum absolute atomic E-state index is 4.24. The van der Waals surface area contributed by atoms with Gasteiger partial charge < -0.3 is 10.2 Å². The van der Waals surface area contributed by atoms with Gasteiger partial charge in [0.15, 0.2) is 0 Å². The molecule has 1 aromatic rings. The van der Waals surface area contributed by atoms with Crippen molar-refractivity contribution in [3.05, 3.63) is 11.9 Å². The van der Waals surface area contributed by atoms with Crippen molar-refractivity contribution in [1.82, 2.24) is 25.2 Å². The van der Waals surface area contributed by atoms with Gasteiger partial charge in [-0.2, -0.15) is 0 Å². The smallest absolute Gasteiger partial charge is 0.0964 e. The summed E-state index contributed by atoms with van der Waals surface area (Å²) < 4.78 is 1.98. The predicted molar refractivity (Wildman–Crippen MR) is 86.0 cm³/mol. The van der Waals surface area contributed by atoms with Gasteiger partial charge in [-0.05, 0) is 37.3 Å². The summed E-state index contributed by atoms with van der Waals surface area (Å²) in [7, 11) is 0. The van der Waals surface area contributed by atoms with Gasteiger partial charge in [0.25, 0.3) is 0 Å². The maximum Gasteiger partial charge on any atom is 0.0964 e. The number of nitrogens with one attached hydrogen (secondary N) is 1. The van der Waals surface area contributed by atoms with E-state index in [1.165, 1.54) is 19.5 Å². The van der Waals surface area contributed by atoms with Crippen molar-refractivity contribution in [2.45, 2.75) is 47.2 Å². The number of likely N-dealkylation sites (tertiary alicyclic amines) is 1. The van der Waals surface area contributed by atoms with E-state index in [-0.39, 0.29) is 0 Å². The first kappa shape index (κ1) is 16.4. The summed E-state index contributed by atoms with van der Waals surface area (Å²) in [5, 5.41) is 11.9. The molecular weight excluding hydrogens is 262 g/mol. The van der Waals surface area contributed by atoms with E-state index in [0.29, 0.717) is 5.92 Å². The van der Waals surface area contributed by atoms with E-state index in [0.717, 1.165) is 43.7 Å². The molecule has 120 valence electrons. The number of hydrogen-bond acceptors (Lipinski definition) is 4. The molecule has 0 saturated carbocycles. The van der Waals surface area contributed by atoms with E-state index in [9.17, 15) is 0 Å². The van der Waals surface area contributed by atoms with E-state index < -0.39 is 0 Å². The lowest BCUT2D eigenvalue weighted by Gasteiger charge is -2.35. The molecule has 0 spiro atoms. The summed E-state index contributed by atoms with van der Waals surface area (Å²) in [6, 6.07) is 0. The van der Waals surface area contributed by atoms with Crippen LogP contribution >= 0.6 is 0 Å². The molecule has 2 atom stereocenters. The average molecular weight is 293 g/mol. The minimum absolute atomic E-state index is 0.670. The number of hydrogen-bond donors (Lipinski definition) is 1. The minimum Gasteiger partial charge on any atom is -0.311 e. The van der Waals surface area contributed by atoms with Gasteiger partial charge in [0, 0.05) is 25.8 Å². The van der Waals surface area contributed by atoms with Gasteiger partial charge in [-0.25, -0.2) is 0 Å². The van der Waals surface area contributed by atoms with E-state index in [1.807, 2.05) is 4.68 Å². The van der Waals surface area contributed by atoms with Gasteiger partial charge >= 0.3 is 0 Å². The third kappa shape index (κ3) is 5.40. The second-order valence-corrected chi connectivity index (χ2v) is 7.04. The number of nitrogens with zero attached hydrogens (tertiary/aromatic N) is 4. The van der Waals surface area contributed by atoms with E-state index in [2.05, 4.69) is 54.4 Å². The molecule has 1 N–H and O–H groups in total. The third-order valence-electron chi connectivity index (χ3n) is 4.51. The zero-order valence-electron chi connectivity index (χ0n) is 14.0. The molecule has 5 nitrogen and oxygen atoms in total. The van der Waals surface area contributed by atoms with E-state index in [1.54, 1.807) is 0 Å². The molecule has 2 heterocycles. The van der Waals surface area contributed by atoms with Crippen LogP contribution in [-0.4, -0.2) is 46.1 Å². The van der Waals surface area contributed by atoms with Gasteiger partial charge in [0.1, 0.15) is 0 Å². The molecule has 1 fully saturated rings. The van der Waals surface area contributed by atoms with Crippen LogP contribution < -0.4 is 5.32 Å². The molecule has 5 heteroatoms. The first-order valence-corrected chi connectivity index (χ1v) is 8.36. The zero-order valence-corrected chi connectivity index (χ0v) is 14.0. The highest BCUT2D eigenvalue weighted by atomic mass is 15.4. The SMILES string of the molecule is CC(C)CNCc1cn(CCN2CCC(C)C(C)C2)nn1. The van der Waals surface area contributed by atoms with Crippen LogP contribution in [0, 0.1) is 17.8 Å². The van der Waals surface area contributed by atoms with Crippen molar-refractivity contribution in [1.29, 1.82) is 0 Å². The highest BCUT2D eigenvalue weighted by molar-refractivity contribution is 4.91. The molecule has 1 aliphatic heterocycles. The maximum atomic E-state index is 4.24. The first-order chi connectivity index (χ1) is 10.0. The number of rotatable bonds is 7. The summed E-state index contributed by atoms with van der Waals surface area (Å²) in [5.74, 6) is 2.35. The molecular formula is C16H31N5. The van der Waals surface area contributed by atoms with Crippen molar-refractivity contribution in [3.8, 4) is 0 Å². The van der Waals surface area contributed by atoms with Gasteiger partial charge in [0.05, 0.1) is 12.2 Å². The Morgan fingerprint density at radius 2 is 2.10 bits per heavy atom. The molecule has 21 heavy (non-hydrogen) atoms. The second kappa shape index (κ2) is 7.90. The van der Waals surface area contributed by atoms with Gasteiger partial charge in [-0.3, -0.25) is 4.68 Å². The molecule has 1 aliphatic rings. The zero-order chi connectivity index (χ0) is 15.2. The molecule has 2 rings (SSSR count). The molecule has 1 aromatic heterocycles. The Hall–Kier alpha value is -0.940. The first-order valence-electron chi connectivity index (χ1n) is 8.36. The Morgan fingerprint density at radius 3 is 2.81 bits per heavy atom. The van der Waals surface area contributed by atoms with Crippen LogP contribution in [0.4, 0.5) is 0 Å². The lowest BCUT2D eigenvalue weighted by atomic mass is 9.89. The third-order valence-corrected chi connectivity index (χ3v) is 4.51. The Bertz CT molecular complexity index is 415. The van der Waals surface area contributed by atoms with Crippen LogP contribution in [0.5, 0.6) is 0 Å². The molecule has 0 aliphatic carbocycles. The van der Waals surface area contributed by atoms with Crippen LogP contribution in [0.3, 0.4) is 0 Å². The van der Waals surface area contributed by atoms with Crippen LogP contribution in [0.15, 0.2) is 6.20 Å². The Morgan fingerprint density at radius 1 is 1.29 bits per heavy atom. The van der Waals surface area contributed by atoms with Crippen molar-refractivity contribution in [2.24, 2.45) is 17.8 Å². The summed E-state index contributed by atoms with van der Waals surface area (Å²) in [6.07, 6.45) is 3.40. The fraction of sp³-hybridized carbons (Fsp3) is 0.875. The monoisotopic (exact) mass is 293 g/mol. The number of piperidine rings is 1. The van der Waals surface area contributed by atoms with Crippen molar-refractivity contribution in [2.75, 3.05) is 26.2 Å². The largest absolute Gasteiger partial charge is 0.311 e. The Kier molecular flexibility index (Phi) is 6.18. The normalized spacial score (nSPS) is 23.9. The van der Waals surface area contributed by atoms with Gasteiger partial charge in [-0.1, -0.05) is 32.9 Å². The summed E-state index contributed by atoms with van der Waals surface area (Å²) in [4.78, 5) is 2.56. The van der Waals surface area contributed by atoms with Crippen LogP contribution in [-0.2, 0) is 13.1 Å². The molecule has 0 aromatic carbocycles. The minimum atomic E-state index is 0.670. The van der Waals surface area contributed by atoms with Crippen molar-refractivity contribution < 1.29 is 0 Å². The Labute approximate surface area is 129 Å². The summed E-state index contributed by atoms with van der Waals surface area (Å²) >= 11 is 0. The van der Waals surface area contributed by atoms with Crippen molar-refractivity contribution >= 4 is 0 Å². The molecule has 2 unspecified atom stereocenters. The van der Waals surface area contributed by atoms with Crippen LogP contribution in [0.1, 0.15) is 39.8 Å². The van der Waals surface area contributed by atoms with Gasteiger partial charge in [0.2, 0.25) is 0 Å². The quantitative estimate of drug-likeness (QED) is 0.835. The fourth-order valence-corrected chi connectivity index (χ4v) is 2.81. The fourth-order valence-electron chi connectivity index (χ4n) is 2.81. The molecule has 0 bridgehead atoms. The highest BCUT2D eigenvalue weighted by Crippen LogP contribution is 2.22. The van der Waals surface area contributed by atoms with Crippen LogP contribution in [0.25, 0.3) is 0 Å². The summed E-state index contributed by atoms with van der Waals surface area (Å²) in [5.41, 5.74) is 1.04. The van der Waals surface area contributed by atoms with Gasteiger partial charge in [-0.15, -0.1) is 5.10 Å². The topological polar surface area (TPSA) is 46.0 Å². The average Bonchev–Trinajstić information content (AvgIpc) is 2.88. The predicted octanol–water partition coefficient (Wildman–Crippen LogP) is 2.00. The molecule has 0 amide bonds. The van der Waals surface area contributed by atoms with Crippen LogP contribution in [0.2, 0.25) is 0 Å². The van der Waals surface area contributed by atoms with E-state index in [4.69, 9.17) is 0 Å². The molecule has 1 saturated heterocycles. The lowest BCUT2D eigenvalue weighted by Crippen LogP contribution is -2.40. The number of aromatic nitrogens is 3. The van der Waals surface area contributed by atoms with Crippen molar-refractivity contribution in [3.63, 3.8) is 0 Å². The Balaban J connectivity index is 1.70. The second-order valence-electron chi connectivity index (χ2n) is 7.04. The lowest BCUT2D eigenvalue weighted by molar-refractivity contribution is 0.133. The summed E-state index contributed by atoms with van der Waals surface area (Å²) in [6.45, 7) is 15.5. The standard InChI is InChI=1S/C16H31N5/c1-13(2)9-17-10-16-12-21(19-18-16)8-7-20-6-5-14(3)15(4)11-20/h12-15,17H,5-11H2,1-4H3. The highest BCUT2D eigenvalue weighted by Gasteiger charge is 2.22. The molecule has 0 radical (unpaired) electrons. The van der Waals surface area contributed by atoms with E-state index >= 15 is 0 Å².